The fraction of sp³-hybridized carbons (Fsp3) is 0.115. The van der Waals surface area contributed by atoms with Crippen LogP contribution in [0.2, 0.25) is 0 Å². The minimum absolute atomic E-state index is 0.695. The Kier molecular flexibility index (Phi) is 5.04. The minimum atomic E-state index is 0.695. The van der Waals surface area contributed by atoms with Gasteiger partial charge >= 0.3 is 0 Å². The molecule has 3 N–H and O–H groups in total. The van der Waals surface area contributed by atoms with Crippen molar-refractivity contribution in [2.24, 2.45) is 0 Å². The molecule has 0 fully saturated rings. The number of pyridine rings is 3. The normalized spacial score (nSPS) is 11.4. The zero-order valence-corrected chi connectivity index (χ0v) is 18.6. The summed E-state index contributed by atoms with van der Waals surface area (Å²) in [4.78, 5) is 21.9. The Labute approximate surface area is 195 Å². The van der Waals surface area contributed by atoms with Crippen LogP contribution in [0, 0.1) is 0 Å². The highest BCUT2D eigenvalue weighted by molar-refractivity contribution is 5.97. The molecule has 8 nitrogen and oxygen atoms in total. The molecule has 1 aromatic carbocycles. The van der Waals surface area contributed by atoms with Crippen LogP contribution in [-0.4, -0.2) is 41.7 Å². The summed E-state index contributed by atoms with van der Waals surface area (Å²) in [5.74, 6) is 0.695. The predicted octanol–water partition coefficient (Wildman–Crippen LogP) is 4.73. The molecule has 5 aromatic heterocycles. The molecule has 166 valence electrons. The van der Waals surface area contributed by atoms with E-state index in [1.165, 1.54) is 0 Å². The lowest BCUT2D eigenvalue weighted by molar-refractivity contribution is 0.724. The maximum absolute atomic E-state index is 4.91. The molecular weight excluding hydrogens is 424 g/mol. The molecular formula is C26H22N8. The molecule has 0 amide bonds. The zero-order valence-electron chi connectivity index (χ0n) is 18.6. The van der Waals surface area contributed by atoms with Gasteiger partial charge in [0.15, 0.2) is 5.82 Å². The van der Waals surface area contributed by atoms with Gasteiger partial charge in [-0.15, -0.1) is 0 Å². The van der Waals surface area contributed by atoms with E-state index in [1.54, 1.807) is 12.4 Å². The Morgan fingerprint density at radius 3 is 2.76 bits per heavy atom. The van der Waals surface area contributed by atoms with Gasteiger partial charge in [-0.25, -0.2) is 4.98 Å². The predicted molar refractivity (Wildman–Crippen MR) is 133 cm³/mol. The van der Waals surface area contributed by atoms with Crippen molar-refractivity contribution in [2.45, 2.75) is 13.5 Å². The molecule has 0 saturated carbocycles. The lowest BCUT2D eigenvalue weighted by atomic mass is 10.1. The number of nitrogens with zero attached hydrogens (tertiary/aromatic N) is 5. The van der Waals surface area contributed by atoms with Crippen molar-refractivity contribution in [3.63, 3.8) is 0 Å². The zero-order chi connectivity index (χ0) is 22.9. The van der Waals surface area contributed by atoms with Gasteiger partial charge in [0, 0.05) is 41.6 Å². The maximum atomic E-state index is 4.91. The molecule has 0 aliphatic heterocycles. The quantitative estimate of drug-likeness (QED) is 0.341. The van der Waals surface area contributed by atoms with E-state index in [2.05, 4.69) is 48.4 Å². The number of H-pyrrole nitrogens is 2. The first kappa shape index (κ1) is 20.2. The first-order chi connectivity index (χ1) is 16.8. The number of nitrogens with one attached hydrogen (secondary N) is 3. The van der Waals surface area contributed by atoms with Crippen LogP contribution >= 0.6 is 0 Å². The largest absolute Gasteiger partial charge is 0.337 e. The lowest BCUT2D eigenvalue weighted by Crippen LogP contribution is -2.11. The van der Waals surface area contributed by atoms with E-state index in [-0.39, 0.29) is 0 Å². The SMILES string of the molecule is CCNCc1cncc(-c2cc3c(-c4nc5c(-c6ccccn6)cccc5[nH]4)n[nH]c3cn2)c1. The van der Waals surface area contributed by atoms with Gasteiger partial charge in [0.05, 0.1) is 34.1 Å². The van der Waals surface area contributed by atoms with Crippen LogP contribution in [0.25, 0.3) is 56.0 Å². The summed E-state index contributed by atoms with van der Waals surface area (Å²) in [6.45, 7) is 3.77. The number of para-hydroxylation sites is 1. The monoisotopic (exact) mass is 446 g/mol. The standard InChI is InChI=1S/C26H22N8/c1-2-27-12-16-10-17(14-28-13-16)22-11-19-23(15-30-22)33-34-25(19)26-31-21-8-5-6-18(24(21)32-26)20-7-3-4-9-29-20/h3-11,13-15,27H,2,12H2,1H3,(H,31,32)(H,33,34). The molecule has 6 rings (SSSR count). The van der Waals surface area contributed by atoms with Crippen molar-refractivity contribution < 1.29 is 0 Å². The molecule has 0 atom stereocenters. The van der Waals surface area contributed by atoms with Gasteiger partial charge in [-0.05, 0) is 42.4 Å². The molecule has 0 saturated heterocycles. The average Bonchev–Trinajstić information content (AvgIpc) is 3.51. The van der Waals surface area contributed by atoms with E-state index >= 15 is 0 Å². The number of hydrogen-bond donors (Lipinski definition) is 3. The van der Waals surface area contributed by atoms with Gasteiger partial charge in [0.1, 0.15) is 5.69 Å². The second-order valence-corrected chi connectivity index (χ2v) is 8.05. The topological polar surface area (TPSA) is 108 Å². The molecule has 0 aliphatic rings. The average molecular weight is 447 g/mol. The number of imidazole rings is 1. The van der Waals surface area contributed by atoms with Crippen molar-refractivity contribution in [1.82, 2.24) is 40.4 Å². The Morgan fingerprint density at radius 1 is 0.912 bits per heavy atom. The number of fused-ring (bicyclic) bond motifs is 2. The Hall–Kier alpha value is -4.43. The van der Waals surface area contributed by atoms with Crippen LogP contribution < -0.4 is 5.32 Å². The van der Waals surface area contributed by atoms with Crippen LogP contribution in [0.5, 0.6) is 0 Å². The van der Waals surface area contributed by atoms with E-state index in [4.69, 9.17) is 4.98 Å². The third-order valence-corrected chi connectivity index (χ3v) is 5.79. The number of hydrogen-bond acceptors (Lipinski definition) is 6. The Bertz CT molecular complexity index is 1600. The Morgan fingerprint density at radius 2 is 1.88 bits per heavy atom. The van der Waals surface area contributed by atoms with Gasteiger partial charge in [0.25, 0.3) is 0 Å². The van der Waals surface area contributed by atoms with Gasteiger partial charge in [-0.1, -0.05) is 25.1 Å². The van der Waals surface area contributed by atoms with Crippen LogP contribution in [0.3, 0.4) is 0 Å². The van der Waals surface area contributed by atoms with Crippen molar-refractivity contribution in [2.75, 3.05) is 6.54 Å². The highest BCUT2D eigenvalue weighted by Crippen LogP contribution is 2.31. The number of benzene rings is 1. The van der Waals surface area contributed by atoms with E-state index in [0.717, 1.165) is 68.8 Å². The van der Waals surface area contributed by atoms with Gasteiger partial charge in [-0.2, -0.15) is 5.10 Å². The molecule has 0 spiro atoms. The maximum Gasteiger partial charge on any atom is 0.159 e. The molecule has 5 heterocycles. The van der Waals surface area contributed by atoms with Crippen molar-refractivity contribution in [3.8, 4) is 34.0 Å². The smallest absolute Gasteiger partial charge is 0.159 e. The summed E-state index contributed by atoms with van der Waals surface area (Å²) in [5.41, 5.74) is 8.18. The van der Waals surface area contributed by atoms with E-state index < -0.39 is 0 Å². The molecule has 0 unspecified atom stereocenters. The van der Waals surface area contributed by atoms with Crippen molar-refractivity contribution in [3.05, 3.63) is 78.9 Å². The first-order valence-electron chi connectivity index (χ1n) is 11.2. The summed E-state index contributed by atoms with van der Waals surface area (Å²) < 4.78 is 0. The van der Waals surface area contributed by atoms with Crippen LogP contribution in [0.4, 0.5) is 0 Å². The van der Waals surface area contributed by atoms with Crippen LogP contribution in [0.1, 0.15) is 12.5 Å². The summed E-state index contributed by atoms with van der Waals surface area (Å²) in [5, 5.41) is 11.9. The first-order valence-corrected chi connectivity index (χ1v) is 11.2. The van der Waals surface area contributed by atoms with Crippen molar-refractivity contribution in [1.29, 1.82) is 0 Å². The summed E-state index contributed by atoms with van der Waals surface area (Å²) in [7, 11) is 0. The molecule has 0 bridgehead atoms. The highest BCUT2D eigenvalue weighted by atomic mass is 15.1. The number of rotatable bonds is 6. The fourth-order valence-corrected chi connectivity index (χ4v) is 4.12. The highest BCUT2D eigenvalue weighted by Gasteiger charge is 2.16. The number of aromatic amines is 2. The van der Waals surface area contributed by atoms with Gasteiger partial charge < -0.3 is 10.3 Å². The molecule has 0 radical (unpaired) electrons. The third-order valence-electron chi connectivity index (χ3n) is 5.79. The second kappa shape index (κ2) is 8.49. The Balaban J connectivity index is 1.44. The second-order valence-electron chi connectivity index (χ2n) is 8.05. The van der Waals surface area contributed by atoms with Crippen molar-refractivity contribution >= 4 is 21.9 Å². The summed E-state index contributed by atoms with van der Waals surface area (Å²) >= 11 is 0. The molecule has 8 heteroatoms. The lowest BCUT2D eigenvalue weighted by Gasteiger charge is -2.05. The minimum Gasteiger partial charge on any atom is -0.337 e. The van der Waals surface area contributed by atoms with E-state index in [9.17, 15) is 0 Å². The number of aromatic nitrogens is 7. The van der Waals surface area contributed by atoms with Gasteiger partial charge in [-0.3, -0.25) is 20.1 Å². The van der Waals surface area contributed by atoms with E-state index in [1.807, 2.05) is 54.9 Å². The molecule has 34 heavy (non-hydrogen) atoms. The third kappa shape index (κ3) is 3.60. The molecule has 0 aliphatic carbocycles. The fourth-order valence-electron chi connectivity index (χ4n) is 4.12. The summed E-state index contributed by atoms with van der Waals surface area (Å²) in [6, 6.07) is 16.1. The van der Waals surface area contributed by atoms with Crippen LogP contribution in [0.15, 0.2) is 73.3 Å². The summed E-state index contributed by atoms with van der Waals surface area (Å²) in [6.07, 6.45) is 7.31. The van der Waals surface area contributed by atoms with E-state index in [0.29, 0.717) is 5.82 Å². The van der Waals surface area contributed by atoms with Crippen LogP contribution in [-0.2, 0) is 6.54 Å². The van der Waals surface area contributed by atoms with Gasteiger partial charge in [0.2, 0.25) is 0 Å². The molecule has 6 aromatic rings.